The smallest absolute Gasteiger partial charge is 0.305 e. The normalized spacial score (nSPS) is 12.6. The first kappa shape index (κ1) is 85.1. The summed E-state index contributed by atoms with van der Waals surface area (Å²) in [6.45, 7) is 4.93. The molecule has 0 aliphatic rings. The van der Waals surface area contributed by atoms with Gasteiger partial charge in [-0.05, 0) is 64.2 Å². The van der Waals surface area contributed by atoms with Gasteiger partial charge in [0.1, 0.15) is 0 Å². The van der Waals surface area contributed by atoms with Crippen LogP contribution in [0, 0.1) is 0 Å². The van der Waals surface area contributed by atoms with Gasteiger partial charge in [0.15, 0.2) is 0 Å². The maximum Gasteiger partial charge on any atom is 0.305 e. The quantitative estimate of drug-likeness (QED) is 0.0320. The number of hydrogen-bond donors (Lipinski definition) is 3. The number of amides is 1. The van der Waals surface area contributed by atoms with Crippen LogP contribution in [0.25, 0.3) is 0 Å². The van der Waals surface area contributed by atoms with Gasteiger partial charge in [-0.25, -0.2) is 0 Å². The van der Waals surface area contributed by atoms with E-state index in [4.69, 9.17) is 4.74 Å². The maximum atomic E-state index is 12.5. The van der Waals surface area contributed by atoms with Crippen molar-refractivity contribution in [2.75, 3.05) is 13.2 Å². The summed E-state index contributed by atoms with van der Waals surface area (Å²) in [6, 6.07) is -0.626. The molecule has 6 heteroatoms. The first-order chi connectivity index (χ1) is 43.0. The van der Waals surface area contributed by atoms with Gasteiger partial charge < -0.3 is 20.3 Å². The van der Waals surface area contributed by atoms with Crippen molar-refractivity contribution in [1.29, 1.82) is 0 Å². The molecule has 1 amide bonds. The van der Waals surface area contributed by atoms with Crippen LogP contribution in [-0.2, 0) is 14.3 Å². The monoisotopic (exact) mass is 1220 g/mol. The number of aliphatic hydroxyl groups is 2. The van der Waals surface area contributed by atoms with Crippen LogP contribution in [0.3, 0.4) is 0 Å². The van der Waals surface area contributed by atoms with Crippen LogP contribution in [0.4, 0.5) is 0 Å². The van der Waals surface area contributed by atoms with Crippen LogP contribution >= 0.6 is 0 Å². The molecule has 0 bridgehead atoms. The fourth-order valence-corrected chi connectivity index (χ4v) is 12.6. The summed E-state index contributed by atoms with van der Waals surface area (Å²) in [5.74, 6) is -0.0455. The average molecular weight is 1220 g/mol. The maximum absolute atomic E-state index is 12.5. The minimum Gasteiger partial charge on any atom is -0.466 e. The molecule has 0 radical (unpaired) electrons. The summed E-state index contributed by atoms with van der Waals surface area (Å²) in [4.78, 5) is 24.7. The summed E-state index contributed by atoms with van der Waals surface area (Å²) in [5.41, 5.74) is 0. The van der Waals surface area contributed by atoms with Gasteiger partial charge in [-0.1, -0.05) is 403 Å². The molecule has 0 aliphatic heterocycles. The van der Waals surface area contributed by atoms with Crippen LogP contribution in [-0.4, -0.2) is 47.4 Å². The Kier molecular flexibility index (Phi) is 74.8. The molecule has 0 saturated heterocycles. The molecule has 0 aromatic heterocycles. The van der Waals surface area contributed by atoms with Crippen molar-refractivity contribution in [3.05, 3.63) is 36.5 Å². The lowest BCUT2D eigenvalue weighted by Gasteiger charge is -2.20. The number of ether oxygens (including phenoxy) is 1. The topological polar surface area (TPSA) is 95.9 Å². The standard InChI is InChI=1S/C81H155NO5/c1-3-5-7-9-11-13-15-17-19-21-23-35-38-41-45-49-53-57-61-65-69-73-79(84)78(77-83)82-80(85)74-70-66-62-58-54-50-46-42-39-36-33-31-29-27-25-24-26-28-30-32-34-37-40-44-48-52-56-60-64-68-72-76-87-81(86)75-71-67-63-59-55-51-47-43-22-20-18-16-14-12-10-8-6-4-2/h14,16,20,22,69,73,78-79,83-84H,3-13,15,17-19,21,23-68,70-72,74-77H2,1-2H3,(H,82,85)/b16-14-,22-20-,73-69+. The zero-order valence-corrected chi connectivity index (χ0v) is 59.0. The molecule has 0 saturated carbocycles. The van der Waals surface area contributed by atoms with E-state index in [9.17, 15) is 19.8 Å². The highest BCUT2D eigenvalue weighted by Gasteiger charge is 2.18. The van der Waals surface area contributed by atoms with Crippen LogP contribution in [0.2, 0.25) is 0 Å². The number of carbonyl (C=O) groups is 2. The molecule has 87 heavy (non-hydrogen) atoms. The van der Waals surface area contributed by atoms with Crippen LogP contribution in [0.5, 0.6) is 0 Å². The predicted octanol–water partition coefficient (Wildman–Crippen LogP) is 26.2. The van der Waals surface area contributed by atoms with Gasteiger partial charge >= 0.3 is 5.97 Å². The molecule has 0 rings (SSSR count). The van der Waals surface area contributed by atoms with Crippen LogP contribution in [0.15, 0.2) is 36.5 Å². The number of carbonyl (C=O) groups excluding carboxylic acids is 2. The van der Waals surface area contributed by atoms with Crippen molar-refractivity contribution in [3.63, 3.8) is 0 Å². The molecule has 2 atom stereocenters. The molecule has 0 spiro atoms. The third-order valence-corrected chi connectivity index (χ3v) is 18.7. The molecular weight excluding hydrogens is 1070 g/mol. The summed E-state index contributed by atoms with van der Waals surface area (Å²) in [5, 5.41) is 23.3. The molecule has 6 nitrogen and oxygen atoms in total. The molecule has 0 aliphatic carbocycles. The van der Waals surface area contributed by atoms with Gasteiger partial charge in [0, 0.05) is 12.8 Å². The van der Waals surface area contributed by atoms with Crippen molar-refractivity contribution < 1.29 is 24.5 Å². The third-order valence-electron chi connectivity index (χ3n) is 18.7. The fraction of sp³-hybridized carbons (Fsp3) is 0.901. The fourth-order valence-electron chi connectivity index (χ4n) is 12.6. The number of rotatable bonds is 75. The first-order valence-electron chi connectivity index (χ1n) is 39.8. The van der Waals surface area contributed by atoms with Crippen molar-refractivity contribution in [2.24, 2.45) is 0 Å². The highest BCUT2D eigenvalue weighted by atomic mass is 16.5. The van der Waals surface area contributed by atoms with Crippen molar-refractivity contribution >= 4 is 11.9 Å². The largest absolute Gasteiger partial charge is 0.466 e. The Bertz CT molecular complexity index is 1410. The summed E-state index contributed by atoms with van der Waals surface area (Å²) < 4.78 is 5.51. The number of nitrogens with one attached hydrogen (secondary N) is 1. The first-order valence-corrected chi connectivity index (χ1v) is 39.8. The lowest BCUT2D eigenvalue weighted by atomic mass is 10.0. The second-order valence-electron chi connectivity index (χ2n) is 27.4. The van der Waals surface area contributed by atoms with E-state index in [0.717, 1.165) is 51.4 Å². The molecule has 2 unspecified atom stereocenters. The van der Waals surface area contributed by atoms with E-state index in [2.05, 4.69) is 43.5 Å². The molecule has 0 aromatic rings. The van der Waals surface area contributed by atoms with Crippen LogP contribution < -0.4 is 5.32 Å². The van der Waals surface area contributed by atoms with E-state index in [0.29, 0.717) is 19.4 Å². The Labute approximate surface area is 544 Å². The van der Waals surface area contributed by atoms with E-state index >= 15 is 0 Å². The lowest BCUT2D eigenvalue weighted by molar-refractivity contribution is -0.143. The summed E-state index contributed by atoms with van der Waals surface area (Å²) in [7, 11) is 0. The zero-order valence-electron chi connectivity index (χ0n) is 59.0. The Morgan fingerprint density at radius 1 is 0.322 bits per heavy atom. The summed E-state index contributed by atoms with van der Waals surface area (Å²) >= 11 is 0. The molecule has 0 aromatic carbocycles. The number of hydrogen-bond acceptors (Lipinski definition) is 5. The number of esters is 1. The SMILES string of the molecule is CCCCCC/C=C\C/C=C\CCCCCCCCCC(=O)OCCCCCCCCCCCCCCCCCCCCCCCCCCCCCCCCCC(=O)NC(CO)C(O)/C=C/CCCCCCCCCCCCCCCCCCCCC. The second-order valence-corrected chi connectivity index (χ2v) is 27.4. The van der Waals surface area contributed by atoms with E-state index in [1.807, 2.05) is 6.08 Å². The Balaban J connectivity index is 3.35. The van der Waals surface area contributed by atoms with Gasteiger partial charge in [0.05, 0.1) is 25.4 Å². The van der Waals surface area contributed by atoms with Crippen molar-refractivity contribution in [2.45, 2.75) is 456 Å². The summed E-state index contributed by atoms with van der Waals surface area (Å²) in [6.07, 6.45) is 99.8. The van der Waals surface area contributed by atoms with E-state index < -0.39 is 12.1 Å². The van der Waals surface area contributed by atoms with Gasteiger partial charge in [-0.15, -0.1) is 0 Å². The van der Waals surface area contributed by atoms with Gasteiger partial charge in [-0.3, -0.25) is 9.59 Å². The van der Waals surface area contributed by atoms with E-state index in [-0.39, 0.29) is 18.5 Å². The second kappa shape index (κ2) is 76.5. The highest BCUT2D eigenvalue weighted by Crippen LogP contribution is 2.20. The van der Waals surface area contributed by atoms with Gasteiger partial charge in [0.25, 0.3) is 0 Å². The Hall–Kier alpha value is -1.92. The van der Waals surface area contributed by atoms with Gasteiger partial charge in [-0.2, -0.15) is 0 Å². The minimum absolute atomic E-state index is 0.0138. The molecule has 0 fully saturated rings. The van der Waals surface area contributed by atoms with Crippen molar-refractivity contribution in [3.8, 4) is 0 Å². The van der Waals surface area contributed by atoms with Crippen LogP contribution in [0.1, 0.15) is 444 Å². The zero-order chi connectivity index (χ0) is 62.8. The van der Waals surface area contributed by atoms with Crippen molar-refractivity contribution in [1.82, 2.24) is 5.32 Å². The van der Waals surface area contributed by atoms with E-state index in [1.54, 1.807) is 6.08 Å². The Morgan fingerprint density at radius 3 is 0.885 bits per heavy atom. The molecule has 3 N–H and O–H groups in total. The lowest BCUT2D eigenvalue weighted by Crippen LogP contribution is -2.45. The average Bonchev–Trinajstić information content (AvgIpc) is 3.52. The molecule has 514 valence electrons. The van der Waals surface area contributed by atoms with E-state index in [1.165, 1.54) is 366 Å². The third kappa shape index (κ3) is 73.0. The number of aliphatic hydroxyl groups excluding tert-OH is 2. The minimum atomic E-state index is -0.843. The predicted molar refractivity (Wildman–Crippen MR) is 384 cm³/mol. The Morgan fingerprint density at radius 2 is 0.575 bits per heavy atom. The molecule has 0 heterocycles. The number of unbranched alkanes of at least 4 members (excludes halogenated alkanes) is 60. The van der Waals surface area contributed by atoms with Gasteiger partial charge in [0.2, 0.25) is 5.91 Å². The molecular formula is C81H155NO5. The number of allylic oxidation sites excluding steroid dienone is 5. The highest BCUT2D eigenvalue weighted by molar-refractivity contribution is 5.76.